The maximum atomic E-state index is 13.1. The third-order valence-electron chi connectivity index (χ3n) is 2.84. The first-order valence-corrected chi connectivity index (χ1v) is 5.46. The Kier molecular flexibility index (Phi) is 2.37. The summed E-state index contributed by atoms with van der Waals surface area (Å²) in [6.07, 6.45) is 5.53. The molecule has 0 fully saturated rings. The molecule has 0 saturated carbocycles. The largest absolute Gasteiger partial charge is 0.343 e. The molecule has 3 heteroatoms. The third kappa shape index (κ3) is 1.91. The first-order chi connectivity index (χ1) is 8.33. The van der Waals surface area contributed by atoms with Crippen molar-refractivity contribution in [1.29, 1.82) is 0 Å². The number of pyridine rings is 1. The Hall–Kier alpha value is -2.16. The summed E-state index contributed by atoms with van der Waals surface area (Å²) in [5.41, 5.74) is 2.23. The molecular formula is C14H11FN2. The lowest BCUT2D eigenvalue weighted by Gasteiger charge is -2.05. The van der Waals surface area contributed by atoms with Gasteiger partial charge in [-0.1, -0.05) is 0 Å². The molecule has 17 heavy (non-hydrogen) atoms. The van der Waals surface area contributed by atoms with Gasteiger partial charge in [-0.15, -0.1) is 0 Å². The van der Waals surface area contributed by atoms with Crippen LogP contribution in [0.5, 0.6) is 0 Å². The van der Waals surface area contributed by atoms with Gasteiger partial charge in [0.25, 0.3) is 0 Å². The number of hydrogen-bond acceptors (Lipinski definition) is 1. The highest BCUT2D eigenvalue weighted by molar-refractivity contribution is 5.80. The molecule has 0 amide bonds. The van der Waals surface area contributed by atoms with Crippen LogP contribution < -0.4 is 0 Å². The maximum Gasteiger partial charge on any atom is 0.123 e. The summed E-state index contributed by atoms with van der Waals surface area (Å²) in [5, 5.41) is 0.930. The minimum Gasteiger partial charge on any atom is -0.343 e. The Balaban J connectivity index is 2.01. The first kappa shape index (κ1) is 10.0. The topological polar surface area (TPSA) is 17.8 Å². The first-order valence-electron chi connectivity index (χ1n) is 5.46. The fourth-order valence-corrected chi connectivity index (χ4v) is 1.99. The highest BCUT2D eigenvalue weighted by Crippen LogP contribution is 2.18. The van der Waals surface area contributed by atoms with Crippen molar-refractivity contribution < 1.29 is 4.39 Å². The lowest BCUT2D eigenvalue weighted by molar-refractivity contribution is 0.629. The molecule has 84 valence electrons. The molecule has 0 radical (unpaired) electrons. The number of nitrogens with zero attached hydrogens (tertiary/aromatic N) is 2. The predicted molar refractivity (Wildman–Crippen MR) is 65.2 cm³/mol. The summed E-state index contributed by atoms with van der Waals surface area (Å²) in [6, 6.07) is 10.7. The van der Waals surface area contributed by atoms with Crippen LogP contribution in [0.4, 0.5) is 4.39 Å². The van der Waals surface area contributed by atoms with E-state index < -0.39 is 0 Å². The van der Waals surface area contributed by atoms with E-state index in [1.54, 1.807) is 18.5 Å². The van der Waals surface area contributed by atoms with Crippen LogP contribution in [0.15, 0.2) is 55.0 Å². The fraction of sp³-hybridized carbons (Fsp3) is 0.0714. The third-order valence-corrected chi connectivity index (χ3v) is 2.84. The Labute approximate surface area is 98.3 Å². The lowest BCUT2D eigenvalue weighted by Crippen LogP contribution is -1.97. The fourth-order valence-electron chi connectivity index (χ4n) is 1.99. The van der Waals surface area contributed by atoms with Crippen molar-refractivity contribution in [3.05, 3.63) is 66.4 Å². The van der Waals surface area contributed by atoms with Gasteiger partial charge in [-0.3, -0.25) is 4.98 Å². The molecule has 1 aromatic carbocycles. The minimum atomic E-state index is -0.195. The Morgan fingerprint density at radius 1 is 1.06 bits per heavy atom. The van der Waals surface area contributed by atoms with Crippen LogP contribution in [0.3, 0.4) is 0 Å². The average Bonchev–Trinajstić information content (AvgIpc) is 2.73. The van der Waals surface area contributed by atoms with Crippen LogP contribution in [0.25, 0.3) is 10.9 Å². The molecular weight excluding hydrogens is 215 g/mol. The Bertz CT molecular complexity index is 644. The number of benzene rings is 1. The van der Waals surface area contributed by atoms with Crippen molar-refractivity contribution in [3.8, 4) is 0 Å². The summed E-state index contributed by atoms with van der Waals surface area (Å²) < 4.78 is 15.2. The van der Waals surface area contributed by atoms with Crippen molar-refractivity contribution in [2.45, 2.75) is 6.54 Å². The molecule has 3 aromatic rings. The molecule has 2 nitrogen and oxygen atoms in total. The second-order valence-corrected chi connectivity index (χ2v) is 4.00. The van der Waals surface area contributed by atoms with Crippen molar-refractivity contribution in [1.82, 2.24) is 9.55 Å². The van der Waals surface area contributed by atoms with Crippen LogP contribution in [-0.4, -0.2) is 9.55 Å². The van der Waals surface area contributed by atoms with Crippen molar-refractivity contribution >= 4 is 10.9 Å². The van der Waals surface area contributed by atoms with E-state index in [9.17, 15) is 4.39 Å². The predicted octanol–water partition coefficient (Wildman–Crippen LogP) is 3.22. The normalized spacial score (nSPS) is 10.9. The molecule has 0 aliphatic heterocycles. The maximum absolute atomic E-state index is 13.1. The second-order valence-electron chi connectivity index (χ2n) is 4.00. The smallest absolute Gasteiger partial charge is 0.123 e. The van der Waals surface area contributed by atoms with Gasteiger partial charge in [0.05, 0.1) is 0 Å². The zero-order valence-corrected chi connectivity index (χ0v) is 9.18. The summed E-state index contributed by atoms with van der Waals surface area (Å²) in [6.45, 7) is 0.775. The molecule has 0 aliphatic carbocycles. The molecule has 0 unspecified atom stereocenters. The second kappa shape index (κ2) is 4.01. The summed E-state index contributed by atoms with van der Waals surface area (Å²) in [5.74, 6) is -0.195. The van der Waals surface area contributed by atoms with E-state index in [4.69, 9.17) is 0 Å². The van der Waals surface area contributed by atoms with Crippen LogP contribution in [0.2, 0.25) is 0 Å². The van der Waals surface area contributed by atoms with Crippen LogP contribution in [-0.2, 0) is 6.54 Å². The van der Waals surface area contributed by atoms with Crippen molar-refractivity contribution in [2.75, 3.05) is 0 Å². The molecule has 0 atom stereocenters. The van der Waals surface area contributed by atoms with E-state index in [0.29, 0.717) is 0 Å². The molecule has 0 aliphatic rings. The zero-order chi connectivity index (χ0) is 11.7. The minimum absolute atomic E-state index is 0.195. The van der Waals surface area contributed by atoms with Crippen LogP contribution in [0, 0.1) is 5.82 Å². The van der Waals surface area contributed by atoms with Crippen molar-refractivity contribution in [3.63, 3.8) is 0 Å². The summed E-state index contributed by atoms with van der Waals surface area (Å²) >= 11 is 0. The Morgan fingerprint density at radius 2 is 1.88 bits per heavy atom. The SMILES string of the molecule is Fc1ccc2c(ccn2Cc2ccncc2)c1. The van der Waals surface area contributed by atoms with Gasteiger partial charge in [0.1, 0.15) is 5.82 Å². The van der Waals surface area contributed by atoms with E-state index in [1.165, 1.54) is 11.6 Å². The van der Waals surface area contributed by atoms with E-state index >= 15 is 0 Å². The van der Waals surface area contributed by atoms with Crippen LogP contribution >= 0.6 is 0 Å². The number of halogens is 1. The molecule has 2 aromatic heterocycles. The van der Waals surface area contributed by atoms with Gasteiger partial charge >= 0.3 is 0 Å². The molecule has 0 N–H and O–H groups in total. The van der Waals surface area contributed by atoms with Gasteiger partial charge in [0, 0.05) is 36.0 Å². The van der Waals surface area contributed by atoms with E-state index in [2.05, 4.69) is 9.55 Å². The van der Waals surface area contributed by atoms with E-state index in [-0.39, 0.29) is 5.82 Å². The average molecular weight is 226 g/mol. The number of rotatable bonds is 2. The highest BCUT2D eigenvalue weighted by Gasteiger charge is 2.02. The molecule has 2 heterocycles. The monoisotopic (exact) mass is 226 g/mol. The van der Waals surface area contributed by atoms with Gasteiger partial charge in [0.2, 0.25) is 0 Å². The standard InChI is InChI=1S/C14H11FN2/c15-13-1-2-14-12(9-13)5-8-17(14)10-11-3-6-16-7-4-11/h1-9H,10H2. The quantitative estimate of drug-likeness (QED) is 0.656. The number of aromatic nitrogens is 2. The summed E-state index contributed by atoms with van der Waals surface area (Å²) in [4.78, 5) is 3.99. The molecule has 0 saturated heterocycles. The van der Waals surface area contributed by atoms with Gasteiger partial charge in [-0.05, 0) is 42.0 Å². The molecule has 0 bridgehead atoms. The van der Waals surface area contributed by atoms with Crippen LogP contribution in [0.1, 0.15) is 5.56 Å². The highest BCUT2D eigenvalue weighted by atomic mass is 19.1. The molecule has 3 rings (SSSR count). The van der Waals surface area contributed by atoms with Gasteiger partial charge in [-0.2, -0.15) is 0 Å². The van der Waals surface area contributed by atoms with E-state index in [0.717, 1.165) is 17.4 Å². The number of hydrogen-bond donors (Lipinski definition) is 0. The van der Waals surface area contributed by atoms with E-state index in [1.807, 2.05) is 30.5 Å². The van der Waals surface area contributed by atoms with Crippen molar-refractivity contribution in [2.24, 2.45) is 0 Å². The zero-order valence-electron chi connectivity index (χ0n) is 9.18. The lowest BCUT2D eigenvalue weighted by atomic mass is 10.2. The molecule has 0 spiro atoms. The van der Waals surface area contributed by atoms with Gasteiger partial charge < -0.3 is 4.57 Å². The van der Waals surface area contributed by atoms with Gasteiger partial charge in [-0.25, -0.2) is 4.39 Å². The Morgan fingerprint density at radius 3 is 2.71 bits per heavy atom. The van der Waals surface area contributed by atoms with Gasteiger partial charge in [0.15, 0.2) is 0 Å². The summed E-state index contributed by atoms with van der Waals surface area (Å²) in [7, 11) is 0. The number of fused-ring (bicyclic) bond motifs is 1.